The summed E-state index contributed by atoms with van der Waals surface area (Å²) in [6.07, 6.45) is 0.0954. The molecule has 3 rings (SSSR count). The van der Waals surface area contributed by atoms with Crippen molar-refractivity contribution >= 4 is 39.1 Å². The summed E-state index contributed by atoms with van der Waals surface area (Å²) < 4.78 is 8.58. The average Bonchev–Trinajstić information content (AvgIpc) is 2.93. The van der Waals surface area contributed by atoms with E-state index in [-0.39, 0.29) is 12.0 Å². The second-order valence-corrected chi connectivity index (χ2v) is 7.24. The van der Waals surface area contributed by atoms with Gasteiger partial charge in [0.1, 0.15) is 5.75 Å². The third kappa shape index (κ3) is 3.78. The van der Waals surface area contributed by atoms with E-state index in [4.69, 9.17) is 16.3 Å². The second-order valence-electron chi connectivity index (χ2n) is 5.82. The molecule has 3 aromatic rings. The number of amides is 1. The largest absolute Gasteiger partial charge is 0.491 e. The van der Waals surface area contributed by atoms with E-state index in [1.165, 1.54) is 11.3 Å². The van der Waals surface area contributed by atoms with Gasteiger partial charge < -0.3 is 9.30 Å². The van der Waals surface area contributed by atoms with Crippen molar-refractivity contribution in [2.75, 3.05) is 0 Å². The second kappa shape index (κ2) is 7.42. The fourth-order valence-electron chi connectivity index (χ4n) is 2.57. The number of para-hydroxylation sites is 1. The molecule has 0 fully saturated rings. The molecule has 0 N–H and O–H groups in total. The summed E-state index contributed by atoms with van der Waals surface area (Å²) in [5.41, 5.74) is 1.45. The number of halogens is 1. The molecule has 2 aromatic carbocycles. The summed E-state index contributed by atoms with van der Waals surface area (Å²) >= 11 is 7.78. The van der Waals surface area contributed by atoms with Crippen LogP contribution in [0.15, 0.2) is 47.5 Å². The maximum Gasteiger partial charge on any atom is 0.279 e. The maximum atomic E-state index is 12.5. The molecule has 0 saturated carbocycles. The van der Waals surface area contributed by atoms with Crippen LogP contribution in [-0.2, 0) is 6.54 Å². The zero-order chi connectivity index (χ0) is 18.0. The number of benzene rings is 2. The van der Waals surface area contributed by atoms with Gasteiger partial charge in [-0.05, 0) is 57.2 Å². The molecule has 1 heterocycles. The smallest absolute Gasteiger partial charge is 0.279 e. The fourth-order valence-corrected chi connectivity index (χ4v) is 4.02. The van der Waals surface area contributed by atoms with Crippen molar-refractivity contribution in [2.45, 2.75) is 33.4 Å². The molecule has 0 unspecified atom stereocenters. The lowest BCUT2D eigenvalue weighted by Crippen LogP contribution is -2.16. The molecule has 0 spiro atoms. The van der Waals surface area contributed by atoms with Crippen molar-refractivity contribution in [3.8, 4) is 5.75 Å². The van der Waals surface area contributed by atoms with Crippen LogP contribution in [0.25, 0.3) is 10.2 Å². The Morgan fingerprint density at radius 1 is 1.24 bits per heavy atom. The molecule has 0 radical (unpaired) electrons. The van der Waals surface area contributed by atoms with E-state index in [0.29, 0.717) is 21.9 Å². The van der Waals surface area contributed by atoms with Crippen LogP contribution in [0.1, 0.15) is 31.1 Å². The summed E-state index contributed by atoms with van der Waals surface area (Å²) in [5, 5.41) is 0.666. The van der Waals surface area contributed by atoms with Crippen molar-refractivity contribution in [1.82, 2.24) is 4.57 Å². The third-order valence-electron chi connectivity index (χ3n) is 3.64. The quantitative estimate of drug-likeness (QED) is 0.651. The number of carbonyl (C=O) groups excluding carboxylic acids is 1. The topological polar surface area (TPSA) is 43.6 Å². The lowest BCUT2D eigenvalue weighted by molar-refractivity contribution is 0.0998. The van der Waals surface area contributed by atoms with Gasteiger partial charge in [-0.15, -0.1) is 0 Å². The molecule has 1 amide bonds. The minimum Gasteiger partial charge on any atom is -0.491 e. The normalized spacial score (nSPS) is 12.1. The Kier molecular flexibility index (Phi) is 5.25. The molecule has 0 saturated heterocycles. The van der Waals surface area contributed by atoms with Crippen LogP contribution in [0.3, 0.4) is 0 Å². The van der Waals surface area contributed by atoms with E-state index in [2.05, 4.69) is 4.99 Å². The van der Waals surface area contributed by atoms with Crippen molar-refractivity contribution in [2.24, 2.45) is 4.99 Å². The number of fused-ring (bicyclic) bond motifs is 1. The molecule has 0 atom stereocenters. The van der Waals surface area contributed by atoms with E-state index in [0.717, 1.165) is 16.0 Å². The predicted molar refractivity (Wildman–Crippen MR) is 103 cm³/mol. The van der Waals surface area contributed by atoms with Crippen LogP contribution in [0.2, 0.25) is 5.02 Å². The number of ether oxygens (including phenoxy) is 1. The summed E-state index contributed by atoms with van der Waals surface area (Å²) in [6.45, 7) is 6.63. The number of hydrogen-bond acceptors (Lipinski definition) is 3. The molecule has 25 heavy (non-hydrogen) atoms. The number of aryl methyl sites for hydroxylation is 1. The first-order valence-corrected chi connectivity index (χ1v) is 9.32. The van der Waals surface area contributed by atoms with Crippen LogP contribution in [0.4, 0.5) is 0 Å². The molecule has 1 aromatic heterocycles. The zero-order valence-corrected chi connectivity index (χ0v) is 15.9. The highest BCUT2D eigenvalue weighted by Crippen LogP contribution is 2.25. The monoisotopic (exact) mass is 374 g/mol. The number of aromatic nitrogens is 1. The highest BCUT2D eigenvalue weighted by atomic mass is 35.5. The first-order valence-electron chi connectivity index (χ1n) is 8.13. The Morgan fingerprint density at radius 3 is 2.60 bits per heavy atom. The van der Waals surface area contributed by atoms with Crippen LogP contribution in [0, 0.1) is 0 Å². The van der Waals surface area contributed by atoms with Gasteiger partial charge in [0.05, 0.1) is 21.3 Å². The molecule has 0 bridgehead atoms. The van der Waals surface area contributed by atoms with Crippen molar-refractivity contribution in [1.29, 1.82) is 0 Å². The average molecular weight is 375 g/mol. The summed E-state index contributed by atoms with van der Waals surface area (Å²) in [7, 11) is 0. The van der Waals surface area contributed by atoms with Gasteiger partial charge in [-0.1, -0.05) is 29.0 Å². The van der Waals surface area contributed by atoms with E-state index in [1.54, 1.807) is 24.3 Å². The number of hydrogen-bond donors (Lipinski definition) is 0. The Balaban J connectivity index is 1.99. The van der Waals surface area contributed by atoms with Crippen LogP contribution in [0.5, 0.6) is 5.75 Å². The van der Waals surface area contributed by atoms with E-state index in [9.17, 15) is 4.79 Å². The maximum absolute atomic E-state index is 12.5. The lowest BCUT2D eigenvalue weighted by atomic mass is 10.2. The van der Waals surface area contributed by atoms with Gasteiger partial charge in [0.15, 0.2) is 4.80 Å². The molecule has 0 aliphatic carbocycles. The Morgan fingerprint density at radius 2 is 1.96 bits per heavy atom. The fraction of sp³-hybridized carbons (Fsp3) is 0.263. The molecular weight excluding hydrogens is 356 g/mol. The number of thiazole rings is 1. The first kappa shape index (κ1) is 17.7. The van der Waals surface area contributed by atoms with E-state index < -0.39 is 0 Å². The summed E-state index contributed by atoms with van der Waals surface area (Å²) in [4.78, 5) is 17.5. The number of carbonyl (C=O) groups is 1. The summed E-state index contributed by atoms with van der Waals surface area (Å²) in [6, 6.07) is 12.8. The van der Waals surface area contributed by atoms with Gasteiger partial charge in [0.2, 0.25) is 0 Å². The van der Waals surface area contributed by atoms with Crippen molar-refractivity contribution in [3.05, 3.63) is 57.9 Å². The Bertz CT molecular complexity index is 971. The molecule has 0 aliphatic rings. The number of rotatable bonds is 4. The minimum absolute atomic E-state index is 0.0954. The zero-order valence-electron chi connectivity index (χ0n) is 14.3. The predicted octanol–water partition coefficient (Wildman–Crippen LogP) is 4.90. The lowest BCUT2D eigenvalue weighted by Gasteiger charge is -2.09. The highest BCUT2D eigenvalue weighted by Gasteiger charge is 2.11. The van der Waals surface area contributed by atoms with E-state index >= 15 is 0 Å². The van der Waals surface area contributed by atoms with Gasteiger partial charge in [-0.3, -0.25) is 4.79 Å². The van der Waals surface area contributed by atoms with Crippen molar-refractivity contribution < 1.29 is 9.53 Å². The van der Waals surface area contributed by atoms with Crippen LogP contribution in [-0.4, -0.2) is 16.6 Å². The van der Waals surface area contributed by atoms with Gasteiger partial charge in [0.25, 0.3) is 5.91 Å². The molecule has 130 valence electrons. The van der Waals surface area contributed by atoms with Crippen molar-refractivity contribution in [3.63, 3.8) is 0 Å². The van der Waals surface area contributed by atoms with Gasteiger partial charge in [-0.2, -0.15) is 4.99 Å². The summed E-state index contributed by atoms with van der Waals surface area (Å²) in [5.74, 6) is 0.463. The van der Waals surface area contributed by atoms with Gasteiger partial charge in [0, 0.05) is 12.1 Å². The molecular formula is C19H19ClN2O2S. The van der Waals surface area contributed by atoms with Gasteiger partial charge in [-0.25, -0.2) is 0 Å². The molecule has 4 nitrogen and oxygen atoms in total. The third-order valence-corrected chi connectivity index (χ3v) is 4.99. The van der Waals surface area contributed by atoms with Crippen LogP contribution < -0.4 is 9.54 Å². The Labute approximate surface area is 155 Å². The first-order chi connectivity index (χ1) is 12.0. The van der Waals surface area contributed by atoms with E-state index in [1.807, 2.05) is 43.5 Å². The van der Waals surface area contributed by atoms with Gasteiger partial charge >= 0.3 is 0 Å². The highest BCUT2D eigenvalue weighted by molar-refractivity contribution is 7.16. The number of nitrogens with zero attached hydrogens (tertiary/aromatic N) is 2. The standard InChI is InChI=1S/C19H19ClN2O2S/c1-4-22-17-15(20)6-5-7-16(17)25-19(22)21-18(23)13-8-10-14(11-9-13)24-12(2)3/h5-12H,4H2,1-3H3. The van der Waals surface area contributed by atoms with Crippen LogP contribution >= 0.6 is 22.9 Å². The minimum atomic E-state index is -0.277. The molecule has 6 heteroatoms. The molecule has 0 aliphatic heterocycles. The SMILES string of the molecule is CCn1c(=NC(=O)c2ccc(OC(C)C)cc2)sc2cccc(Cl)c21. The Hall–Kier alpha value is -2.11.